The van der Waals surface area contributed by atoms with Gasteiger partial charge in [-0.25, -0.2) is 0 Å². The van der Waals surface area contributed by atoms with Crippen LogP contribution in [0.2, 0.25) is 10.0 Å². The second-order valence-electron chi connectivity index (χ2n) is 3.18. The molecule has 1 aromatic heterocycles. The summed E-state index contributed by atoms with van der Waals surface area (Å²) in [5, 5.41) is 12.4. The summed E-state index contributed by atoms with van der Waals surface area (Å²) in [7, 11) is 0. The van der Waals surface area contributed by atoms with Crippen LogP contribution in [0.5, 0.6) is 0 Å². The number of hydrogen-bond donors (Lipinski definition) is 1. The molecule has 0 bridgehead atoms. The molecule has 82 valence electrons. The fraction of sp³-hybridized carbons (Fsp3) is 0. The Morgan fingerprint density at radius 3 is 2.81 bits per heavy atom. The van der Waals surface area contributed by atoms with Gasteiger partial charge in [-0.1, -0.05) is 40.5 Å². The lowest BCUT2D eigenvalue weighted by Gasteiger charge is -2.02. The zero-order valence-corrected chi connectivity index (χ0v) is 9.65. The Hall–Kier alpha value is -1.45. The normalized spacial score (nSPS) is 11.1. The van der Waals surface area contributed by atoms with Crippen molar-refractivity contribution in [2.24, 2.45) is 5.16 Å². The summed E-state index contributed by atoms with van der Waals surface area (Å²) in [4.78, 5) is 0. The number of rotatable bonds is 2. The maximum atomic E-state index is 8.40. The van der Waals surface area contributed by atoms with E-state index >= 15 is 0 Å². The van der Waals surface area contributed by atoms with E-state index in [4.69, 9.17) is 28.4 Å². The summed E-state index contributed by atoms with van der Waals surface area (Å²) in [5.41, 5.74) is 1.76. The van der Waals surface area contributed by atoms with Gasteiger partial charge in [0, 0.05) is 23.5 Å². The van der Waals surface area contributed by atoms with Gasteiger partial charge in [0.05, 0.1) is 10.0 Å². The van der Waals surface area contributed by atoms with Gasteiger partial charge in [0.25, 0.3) is 0 Å². The predicted molar refractivity (Wildman–Crippen MR) is 65.6 cm³/mol. The highest BCUT2D eigenvalue weighted by molar-refractivity contribution is 6.43. The number of nitrogens with zero attached hydrogens (tertiary/aromatic N) is 2. The van der Waals surface area contributed by atoms with E-state index < -0.39 is 0 Å². The Labute approximate surface area is 103 Å². The molecule has 2 rings (SSSR count). The van der Waals surface area contributed by atoms with Crippen molar-refractivity contribution in [3.05, 3.63) is 46.7 Å². The smallest absolute Gasteiger partial charge is 0.138 e. The highest BCUT2D eigenvalue weighted by Gasteiger charge is 2.07. The zero-order chi connectivity index (χ0) is 11.5. The number of halogens is 2. The number of benzene rings is 1. The second-order valence-corrected chi connectivity index (χ2v) is 3.96. The molecule has 1 aromatic carbocycles. The Kier molecular flexibility index (Phi) is 3.17. The van der Waals surface area contributed by atoms with Crippen molar-refractivity contribution in [1.82, 2.24) is 4.57 Å². The van der Waals surface area contributed by atoms with Gasteiger partial charge in [-0.3, -0.25) is 0 Å². The Morgan fingerprint density at radius 2 is 2.06 bits per heavy atom. The van der Waals surface area contributed by atoms with E-state index in [0.29, 0.717) is 10.0 Å². The van der Waals surface area contributed by atoms with Gasteiger partial charge in [0.15, 0.2) is 0 Å². The van der Waals surface area contributed by atoms with Crippen LogP contribution in [0.1, 0.15) is 0 Å². The van der Waals surface area contributed by atoms with Crippen LogP contribution in [0.25, 0.3) is 11.1 Å². The van der Waals surface area contributed by atoms with E-state index in [1.807, 2.05) is 18.2 Å². The first-order valence-corrected chi connectivity index (χ1v) is 5.27. The fourth-order valence-corrected chi connectivity index (χ4v) is 1.84. The molecule has 0 saturated heterocycles. The van der Waals surface area contributed by atoms with E-state index in [1.54, 1.807) is 23.0 Å². The zero-order valence-electron chi connectivity index (χ0n) is 8.14. The van der Waals surface area contributed by atoms with E-state index in [1.165, 1.54) is 6.34 Å². The van der Waals surface area contributed by atoms with Crippen LogP contribution in [0.3, 0.4) is 0 Å². The molecular weight excluding hydrogens is 247 g/mol. The van der Waals surface area contributed by atoms with E-state index in [2.05, 4.69) is 5.16 Å². The van der Waals surface area contributed by atoms with Crippen molar-refractivity contribution < 1.29 is 5.21 Å². The Bertz CT molecular complexity index is 535. The molecule has 0 aliphatic carbocycles. The van der Waals surface area contributed by atoms with Crippen molar-refractivity contribution in [2.75, 3.05) is 0 Å². The van der Waals surface area contributed by atoms with Crippen LogP contribution >= 0.6 is 23.2 Å². The summed E-state index contributed by atoms with van der Waals surface area (Å²) >= 11 is 12.0. The Balaban J connectivity index is 2.46. The lowest BCUT2D eigenvalue weighted by molar-refractivity contribution is 0.320. The van der Waals surface area contributed by atoms with Gasteiger partial charge >= 0.3 is 0 Å². The number of hydrogen-bond acceptors (Lipinski definition) is 2. The van der Waals surface area contributed by atoms with Crippen molar-refractivity contribution in [3.63, 3.8) is 0 Å². The largest absolute Gasteiger partial charge is 0.410 e. The predicted octanol–water partition coefficient (Wildman–Crippen LogP) is 3.73. The first-order valence-electron chi connectivity index (χ1n) is 4.52. The summed E-state index contributed by atoms with van der Waals surface area (Å²) in [6.07, 6.45) is 4.82. The number of aromatic nitrogens is 1. The fourth-order valence-electron chi connectivity index (χ4n) is 1.43. The van der Waals surface area contributed by atoms with Crippen molar-refractivity contribution in [1.29, 1.82) is 0 Å². The van der Waals surface area contributed by atoms with Gasteiger partial charge < -0.3 is 9.77 Å². The highest BCUT2D eigenvalue weighted by atomic mass is 35.5. The summed E-state index contributed by atoms with van der Waals surface area (Å²) in [6, 6.07) is 7.31. The monoisotopic (exact) mass is 254 g/mol. The van der Waals surface area contributed by atoms with Crippen LogP contribution in [-0.4, -0.2) is 16.1 Å². The van der Waals surface area contributed by atoms with Crippen LogP contribution in [0.4, 0.5) is 0 Å². The molecule has 3 nitrogen and oxygen atoms in total. The second kappa shape index (κ2) is 4.60. The minimum Gasteiger partial charge on any atom is -0.410 e. The summed E-state index contributed by atoms with van der Waals surface area (Å²) < 4.78 is 1.62. The third kappa shape index (κ3) is 2.05. The first-order chi connectivity index (χ1) is 7.72. The van der Waals surface area contributed by atoms with Crippen LogP contribution in [0.15, 0.2) is 41.8 Å². The molecule has 1 N–H and O–H groups in total. The summed E-state index contributed by atoms with van der Waals surface area (Å²) in [5.74, 6) is 0. The number of oxime groups is 1. The lowest BCUT2D eigenvalue weighted by atomic mass is 10.1. The standard InChI is InChI=1S/C11H8Cl2N2O/c12-10-3-1-2-9(11(10)13)8-4-5-15(6-8)7-14-16/h1-7,16H. The highest BCUT2D eigenvalue weighted by Crippen LogP contribution is 2.33. The molecule has 5 heteroatoms. The SMILES string of the molecule is ON=Cn1ccc(-c2cccc(Cl)c2Cl)c1. The van der Waals surface area contributed by atoms with Gasteiger partial charge in [-0.2, -0.15) is 0 Å². The third-order valence-corrected chi connectivity index (χ3v) is 2.98. The third-order valence-electron chi connectivity index (χ3n) is 2.16. The van der Waals surface area contributed by atoms with Gasteiger partial charge in [0.2, 0.25) is 0 Å². The van der Waals surface area contributed by atoms with E-state index in [9.17, 15) is 0 Å². The minimum absolute atomic E-state index is 0.516. The summed E-state index contributed by atoms with van der Waals surface area (Å²) in [6.45, 7) is 0. The van der Waals surface area contributed by atoms with Crippen LogP contribution in [-0.2, 0) is 0 Å². The molecule has 0 spiro atoms. The minimum atomic E-state index is 0.516. The quantitative estimate of drug-likeness (QED) is 0.377. The molecule has 0 amide bonds. The molecule has 2 aromatic rings. The van der Waals surface area contributed by atoms with E-state index in [-0.39, 0.29) is 0 Å². The molecule has 1 heterocycles. The molecule has 0 aliphatic rings. The molecule has 0 aliphatic heterocycles. The molecule has 0 unspecified atom stereocenters. The maximum absolute atomic E-state index is 8.40. The van der Waals surface area contributed by atoms with Crippen molar-refractivity contribution in [2.45, 2.75) is 0 Å². The van der Waals surface area contributed by atoms with Crippen LogP contribution in [0, 0.1) is 0 Å². The Morgan fingerprint density at radius 1 is 1.25 bits per heavy atom. The van der Waals surface area contributed by atoms with Crippen molar-refractivity contribution >= 4 is 29.5 Å². The molecule has 16 heavy (non-hydrogen) atoms. The molecular formula is C11H8Cl2N2O. The average Bonchev–Trinajstić information content (AvgIpc) is 2.71. The topological polar surface area (TPSA) is 37.5 Å². The van der Waals surface area contributed by atoms with Crippen molar-refractivity contribution in [3.8, 4) is 11.1 Å². The van der Waals surface area contributed by atoms with Gasteiger partial charge in [-0.15, -0.1) is 0 Å². The maximum Gasteiger partial charge on any atom is 0.138 e. The molecule has 0 saturated carbocycles. The van der Waals surface area contributed by atoms with Gasteiger partial charge in [-0.05, 0) is 12.1 Å². The molecule has 0 atom stereocenters. The molecule has 0 radical (unpaired) electrons. The van der Waals surface area contributed by atoms with Gasteiger partial charge in [0.1, 0.15) is 6.34 Å². The molecule has 0 fully saturated rings. The van der Waals surface area contributed by atoms with Crippen LogP contribution < -0.4 is 0 Å². The van der Waals surface area contributed by atoms with E-state index in [0.717, 1.165) is 11.1 Å². The lowest BCUT2D eigenvalue weighted by Crippen LogP contribution is -1.88. The first kappa shape index (κ1) is 11.0. The average molecular weight is 255 g/mol.